The molecule has 1 amide bonds. The Morgan fingerprint density at radius 3 is 2.67 bits per heavy atom. The lowest BCUT2D eigenvalue weighted by molar-refractivity contribution is 0.0726. The van der Waals surface area contributed by atoms with Crippen LogP contribution < -0.4 is 5.32 Å². The first-order valence-corrected chi connectivity index (χ1v) is 6.56. The molecule has 1 aliphatic heterocycles. The Balaban J connectivity index is 1.97. The van der Waals surface area contributed by atoms with Crippen molar-refractivity contribution in [3.63, 3.8) is 0 Å². The van der Waals surface area contributed by atoms with E-state index in [1.54, 1.807) is 12.4 Å². The van der Waals surface area contributed by atoms with Crippen molar-refractivity contribution in [1.29, 1.82) is 0 Å². The maximum absolute atomic E-state index is 12.3. The average Bonchev–Trinajstić information content (AvgIpc) is 2.46. The summed E-state index contributed by atoms with van der Waals surface area (Å²) in [6.45, 7) is 5.71. The van der Waals surface area contributed by atoms with E-state index in [-0.39, 0.29) is 5.91 Å². The van der Waals surface area contributed by atoms with Crippen LogP contribution in [0.25, 0.3) is 0 Å². The van der Waals surface area contributed by atoms with E-state index in [4.69, 9.17) is 0 Å². The highest BCUT2D eigenvalue weighted by Crippen LogP contribution is 2.14. The maximum atomic E-state index is 12.3. The summed E-state index contributed by atoms with van der Waals surface area (Å²) in [5.74, 6) is 0.649. The van der Waals surface area contributed by atoms with Crippen LogP contribution in [0.2, 0.25) is 0 Å². The lowest BCUT2D eigenvalue weighted by atomic mass is 9.97. The fourth-order valence-electron chi connectivity index (χ4n) is 2.32. The standard InChI is InChI=1S/C13H20N4O/c1-2-17(9-11-3-5-14-6-4-11)13(18)12-7-15-10-16-8-12/h7-8,10-11,14H,2-6,9H2,1H3. The molecule has 0 atom stereocenters. The topological polar surface area (TPSA) is 58.1 Å². The number of nitrogens with one attached hydrogen (secondary N) is 1. The van der Waals surface area contributed by atoms with E-state index in [9.17, 15) is 4.79 Å². The second-order valence-corrected chi connectivity index (χ2v) is 4.66. The Kier molecular flexibility index (Phi) is 4.64. The van der Waals surface area contributed by atoms with Gasteiger partial charge in [0.05, 0.1) is 5.56 Å². The minimum atomic E-state index is 0.0385. The zero-order valence-corrected chi connectivity index (χ0v) is 10.8. The van der Waals surface area contributed by atoms with Crippen molar-refractivity contribution in [1.82, 2.24) is 20.2 Å². The molecular weight excluding hydrogens is 228 g/mol. The van der Waals surface area contributed by atoms with Crippen molar-refractivity contribution >= 4 is 5.91 Å². The van der Waals surface area contributed by atoms with E-state index in [2.05, 4.69) is 15.3 Å². The molecule has 0 saturated carbocycles. The van der Waals surface area contributed by atoms with Crippen LogP contribution in [-0.4, -0.2) is 47.0 Å². The van der Waals surface area contributed by atoms with Crippen molar-refractivity contribution in [3.05, 3.63) is 24.3 Å². The van der Waals surface area contributed by atoms with Gasteiger partial charge >= 0.3 is 0 Å². The molecule has 1 aromatic heterocycles. The van der Waals surface area contributed by atoms with Gasteiger partial charge in [0.25, 0.3) is 5.91 Å². The lowest BCUT2D eigenvalue weighted by Crippen LogP contribution is -2.39. The minimum absolute atomic E-state index is 0.0385. The van der Waals surface area contributed by atoms with Gasteiger partial charge in [0, 0.05) is 25.5 Å². The van der Waals surface area contributed by atoms with Crippen molar-refractivity contribution in [2.24, 2.45) is 5.92 Å². The molecule has 1 fully saturated rings. The number of aromatic nitrogens is 2. The smallest absolute Gasteiger partial charge is 0.256 e. The van der Waals surface area contributed by atoms with Crippen LogP contribution >= 0.6 is 0 Å². The van der Waals surface area contributed by atoms with Gasteiger partial charge in [-0.3, -0.25) is 4.79 Å². The lowest BCUT2D eigenvalue weighted by Gasteiger charge is -2.29. The van der Waals surface area contributed by atoms with E-state index in [1.165, 1.54) is 6.33 Å². The van der Waals surface area contributed by atoms with Gasteiger partial charge < -0.3 is 10.2 Å². The first-order chi connectivity index (χ1) is 8.81. The molecule has 0 aromatic carbocycles. The molecule has 0 unspecified atom stereocenters. The van der Waals surface area contributed by atoms with Crippen LogP contribution in [0.1, 0.15) is 30.1 Å². The van der Waals surface area contributed by atoms with Crippen LogP contribution in [0.4, 0.5) is 0 Å². The highest BCUT2D eigenvalue weighted by atomic mass is 16.2. The second kappa shape index (κ2) is 6.44. The number of amides is 1. The third kappa shape index (κ3) is 3.26. The highest BCUT2D eigenvalue weighted by Gasteiger charge is 2.20. The fraction of sp³-hybridized carbons (Fsp3) is 0.615. The zero-order chi connectivity index (χ0) is 12.8. The normalized spacial score (nSPS) is 16.5. The summed E-state index contributed by atoms with van der Waals surface area (Å²) < 4.78 is 0. The number of hydrogen-bond acceptors (Lipinski definition) is 4. The minimum Gasteiger partial charge on any atom is -0.339 e. The maximum Gasteiger partial charge on any atom is 0.256 e. The molecule has 5 nitrogen and oxygen atoms in total. The van der Waals surface area contributed by atoms with Crippen molar-refractivity contribution < 1.29 is 4.79 Å². The number of rotatable bonds is 4. The molecule has 0 radical (unpaired) electrons. The summed E-state index contributed by atoms with van der Waals surface area (Å²) in [5.41, 5.74) is 0.577. The SMILES string of the molecule is CCN(CC1CCNCC1)C(=O)c1cncnc1. The Morgan fingerprint density at radius 2 is 2.06 bits per heavy atom. The molecule has 0 aliphatic carbocycles. The predicted molar refractivity (Wildman–Crippen MR) is 69.2 cm³/mol. The first-order valence-electron chi connectivity index (χ1n) is 6.56. The molecule has 5 heteroatoms. The van der Waals surface area contributed by atoms with E-state index < -0.39 is 0 Å². The number of carbonyl (C=O) groups excluding carboxylic acids is 1. The van der Waals surface area contributed by atoms with Gasteiger partial charge in [-0.05, 0) is 38.8 Å². The molecule has 1 aliphatic rings. The van der Waals surface area contributed by atoms with Gasteiger partial charge in [0.2, 0.25) is 0 Å². The molecule has 18 heavy (non-hydrogen) atoms. The Hall–Kier alpha value is -1.49. The first kappa shape index (κ1) is 13.0. The zero-order valence-electron chi connectivity index (χ0n) is 10.8. The third-order valence-corrected chi connectivity index (χ3v) is 3.41. The summed E-state index contributed by atoms with van der Waals surface area (Å²) in [4.78, 5) is 22.0. The number of nitrogens with zero attached hydrogens (tertiary/aromatic N) is 3. The molecule has 1 saturated heterocycles. The second-order valence-electron chi connectivity index (χ2n) is 4.66. The van der Waals surface area contributed by atoms with Gasteiger partial charge in [0.15, 0.2) is 0 Å². The van der Waals surface area contributed by atoms with E-state index in [1.807, 2.05) is 11.8 Å². The Labute approximate surface area is 108 Å². The van der Waals surface area contributed by atoms with Gasteiger partial charge in [0.1, 0.15) is 6.33 Å². The van der Waals surface area contributed by atoms with Gasteiger partial charge in [-0.25, -0.2) is 9.97 Å². The van der Waals surface area contributed by atoms with E-state index >= 15 is 0 Å². The largest absolute Gasteiger partial charge is 0.339 e. The van der Waals surface area contributed by atoms with Crippen molar-refractivity contribution in [2.75, 3.05) is 26.2 Å². The summed E-state index contributed by atoms with van der Waals surface area (Å²) in [6.07, 6.45) is 6.91. The molecule has 0 bridgehead atoms. The Morgan fingerprint density at radius 1 is 1.39 bits per heavy atom. The molecule has 1 N–H and O–H groups in total. The van der Waals surface area contributed by atoms with Crippen LogP contribution in [0.15, 0.2) is 18.7 Å². The van der Waals surface area contributed by atoms with Crippen LogP contribution in [0, 0.1) is 5.92 Å². The molecule has 0 spiro atoms. The highest BCUT2D eigenvalue weighted by molar-refractivity contribution is 5.93. The summed E-state index contributed by atoms with van der Waals surface area (Å²) in [7, 11) is 0. The predicted octanol–water partition coefficient (Wildman–Crippen LogP) is 0.938. The van der Waals surface area contributed by atoms with Gasteiger partial charge in [-0.15, -0.1) is 0 Å². The van der Waals surface area contributed by atoms with Crippen molar-refractivity contribution in [2.45, 2.75) is 19.8 Å². The van der Waals surface area contributed by atoms with Crippen LogP contribution in [0.5, 0.6) is 0 Å². The number of piperidine rings is 1. The fourth-order valence-corrected chi connectivity index (χ4v) is 2.32. The number of hydrogen-bond donors (Lipinski definition) is 1. The number of carbonyl (C=O) groups is 1. The molecule has 2 rings (SSSR count). The van der Waals surface area contributed by atoms with Crippen LogP contribution in [-0.2, 0) is 0 Å². The monoisotopic (exact) mass is 248 g/mol. The van der Waals surface area contributed by atoms with Crippen LogP contribution in [0.3, 0.4) is 0 Å². The summed E-state index contributed by atoms with van der Waals surface area (Å²) in [6, 6.07) is 0. The molecule has 2 heterocycles. The molecular formula is C13H20N4O. The average molecular weight is 248 g/mol. The van der Waals surface area contributed by atoms with E-state index in [0.717, 1.165) is 39.0 Å². The quantitative estimate of drug-likeness (QED) is 0.861. The molecule has 1 aromatic rings. The van der Waals surface area contributed by atoms with Gasteiger partial charge in [-0.2, -0.15) is 0 Å². The summed E-state index contributed by atoms with van der Waals surface area (Å²) in [5, 5.41) is 3.34. The molecule has 98 valence electrons. The third-order valence-electron chi connectivity index (χ3n) is 3.41. The Bertz CT molecular complexity index is 376. The van der Waals surface area contributed by atoms with Crippen molar-refractivity contribution in [3.8, 4) is 0 Å². The van der Waals surface area contributed by atoms with E-state index in [0.29, 0.717) is 11.5 Å². The summed E-state index contributed by atoms with van der Waals surface area (Å²) >= 11 is 0. The van der Waals surface area contributed by atoms with Gasteiger partial charge in [-0.1, -0.05) is 0 Å².